The minimum absolute atomic E-state index is 0.795. The average Bonchev–Trinajstić information content (AvgIpc) is 2.32. The van der Waals surface area contributed by atoms with Gasteiger partial charge >= 0.3 is 8.56 Å². The first-order chi connectivity index (χ1) is 7.74. The summed E-state index contributed by atoms with van der Waals surface area (Å²) in [5.74, 6) is 0. The van der Waals surface area contributed by atoms with E-state index in [1.54, 1.807) is 0 Å². The van der Waals surface area contributed by atoms with Gasteiger partial charge in [0.25, 0.3) is 0 Å². The molecule has 2 nitrogen and oxygen atoms in total. The van der Waals surface area contributed by atoms with Crippen LogP contribution in [0.25, 0.3) is 0 Å². The summed E-state index contributed by atoms with van der Waals surface area (Å²) < 4.78 is 11.9. The maximum atomic E-state index is 6.07. The van der Waals surface area contributed by atoms with E-state index in [9.17, 15) is 0 Å². The number of hydrogen-bond acceptors (Lipinski definition) is 2. The highest BCUT2D eigenvalue weighted by Gasteiger charge is 2.32. The molecule has 3 heteroatoms. The third-order valence-electron chi connectivity index (χ3n) is 3.10. The fourth-order valence-corrected chi connectivity index (χ4v) is 4.37. The Bertz CT molecular complexity index is 147. The topological polar surface area (TPSA) is 18.5 Å². The van der Waals surface area contributed by atoms with Crippen LogP contribution in [0.4, 0.5) is 0 Å². The van der Waals surface area contributed by atoms with E-state index in [4.69, 9.17) is 8.85 Å². The van der Waals surface area contributed by atoms with Crippen molar-refractivity contribution in [3.63, 3.8) is 0 Å². The summed E-state index contributed by atoms with van der Waals surface area (Å²) in [6, 6.07) is 2.15. The molecular weight excluding hydrogens is 216 g/mol. The molecule has 0 atom stereocenters. The van der Waals surface area contributed by atoms with Crippen molar-refractivity contribution in [2.24, 2.45) is 0 Å². The Labute approximate surface area is 103 Å². The van der Waals surface area contributed by atoms with Gasteiger partial charge < -0.3 is 8.85 Å². The van der Waals surface area contributed by atoms with Crippen molar-refractivity contribution in [1.82, 2.24) is 0 Å². The summed E-state index contributed by atoms with van der Waals surface area (Å²) in [6.45, 7) is 10.4. The first-order valence-electron chi connectivity index (χ1n) is 7.02. The summed E-state index contributed by atoms with van der Waals surface area (Å²) in [5.41, 5.74) is 0. The van der Waals surface area contributed by atoms with Gasteiger partial charge in [-0.25, -0.2) is 0 Å². The van der Waals surface area contributed by atoms with Gasteiger partial charge in [0.05, 0.1) is 0 Å². The molecule has 0 radical (unpaired) electrons. The minimum atomic E-state index is -1.81. The lowest BCUT2D eigenvalue weighted by molar-refractivity contribution is 0.173. The molecule has 0 fully saturated rings. The van der Waals surface area contributed by atoms with Crippen molar-refractivity contribution in [1.29, 1.82) is 0 Å². The smallest absolute Gasteiger partial charge is 0.337 e. The van der Waals surface area contributed by atoms with Crippen LogP contribution >= 0.6 is 0 Å². The monoisotopic (exact) mass is 246 g/mol. The Balaban J connectivity index is 3.67. The summed E-state index contributed by atoms with van der Waals surface area (Å²) in [5, 5.41) is 0. The van der Waals surface area contributed by atoms with Crippen molar-refractivity contribution in [3.8, 4) is 0 Å². The molecule has 0 unspecified atom stereocenters. The van der Waals surface area contributed by atoms with Crippen LogP contribution in [0, 0.1) is 0 Å². The Morgan fingerprint density at radius 2 is 1.38 bits per heavy atom. The Morgan fingerprint density at radius 3 is 1.88 bits per heavy atom. The number of unbranched alkanes of at least 4 members (excludes halogenated alkanes) is 4. The Hall–Kier alpha value is 0.137. The Kier molecular flexibility index (Phi) is 10.4. The van der Waals surface area contributed by atoms with Crippen LogP contribution in [0.5, 0.6) is 0 Å². The van der Waals surface area contributed by atoms with E-state index in [0.717, 1.165) is 25.3 Å². The van der Waals surface area contributed by atoms with Crippen LogP contribution in [0.15, 0.2) is 0 Å². The van der Waals surface area contributed by atoms with Gasteiger partial charge in [-0.2, -0.15) is 0 Å². The van der Waals surface area contributed by atoms with E-state index in [1.165, 1.54) is 32.1 Å². The lowest BCUT2D eigenvalue weighted by Crippen LogP contribution is -2.41. The summed E-state index contributed by atoms with van der Waals surface area (Å²) in [7, 11) is -1.81. The molecule has 0 aromatic carbocycles. The van der Waals surface area contributed by atoms with Gasteiger partial charge in [-0.05, 0) is 25.4 Å². The molecule has 0 aliphatic carbocycles. The third kappa shape index (κ3) is 6.66. The molecule has 0 amide bonds. The molecule has 0 aliphatic heterocycles. The van der Waals surface area contributed by atoms with Crippen LogP contribution in [0.2, 0.25) is 12.1 Å². The highest BCUT2D eigenvalue weighted by molar-refractivity contribution is 6.67. The molecule has 0 aliphatic rings. The fraction of sp³-hybridized carbons (Fsp3) is 1.00. The van der Waals surface area contributed by atoms with E-state index in [-0.39, 0.29) is 0 Å². The highest BCUT2D eigenvalue weighted by atomic mass is 28.4. The molecule has 0 N–H and O–H groups in total. The predicted octanol–water partition coefficient (Wildman–Crippen LogP) is 4.49. The number of rotatable bonds is 11. The zero-order valence-corrected chi connectivity index (χ0v) is 12.7. The maximum Gasteiger partial charge on any atom is 0.337 e. The molecule has 98 valence electrons. The van der Waals surface area contributed by atoms with E-state index >= 15 is 0 Å². The lowest BCUT2D eigenvalue weighted by atomic mass is 10.2. The van der Waals surface area contributed by atoms with Gasteiger partial charge in [0.1, 0.15) is 0 Å². The van der Waals surface area contributed by atoms with Crippen LogP contribution in [-0.4, -0.2) is 21.8 Å². The number of hydrogen-bond donors (Lipinski definition) is 0. The molecule has 0 bridgehead atoms. The zero-order chi connectivity index (χ0) is 12.3. The summed E-state index contributed by atoms with van der Waals surface area (Å²) in [6.07, 6.45) is 6.51. The van der Waals surface area contributed by atoms with Gasteiger partial charge in [0, 0.05) is 13.2 Å². The largest absolute Gasteiger partial charge is 0.395 e. The Morgan fingerprint density at radius 1 is 0.750 bits per heavy atom. The van der Waals surface area contributed by atoms with E-state index in [1.807, 2.05) is 0 Å². The van der Waals surface area contributed by atoms with Crippen molar-refractivity contribution >= 4 is 8.56 Å². The van der Waals surface area contributed by atoms with E-state index < -0.39 is 8.56 Å². The second-order valence-electron chi connectivity index (χ2n) is 4.31. The van der Waals surface area contributed by atoms with Crippen LogP contribution < -0.4 is 0 Å². The van der Waals surface area contributed by atoms with Crippen LogP contribution in [0.1, 0.15) is 59.8 Å². The molecule has 0 aromatic rings. The van der Waals surface area contributed by atoms with Crippen molar-refractivity contribution in [2.75, 3.05) is 13.2 Å². The zero-order valence-electron chi connectivity index (χ0n) is 11.7. The van der Waals surface area contributed by atoms with Gasteiger partial charge in [-0.3, -0.25) is 0 Å². The second-order valence-corrected chi connectivity index (χ2v) is 8.13. The quantitative estimate of drug-likeness (QED) is 0.395. The lowest BCUT2D eigenvalue weighted by Gasteiger charge is -2.28. The third-order valence-corrected chi connectivity index (χ3v) is 6.80. The minimum Gasteiger partial charge on any atom is -0.395 e. The second kappa shape index (κ2) is 10.3. The maximum absolute atomic E-state index is 6.07. The predicted molar refractivity (Wildman–Crippen MR) is 73.1 cm³/mol. The first-order valence-corrected chi connectivity index (χ1v) is 9.25. The molecule has 0 rings (SSSR count). The standard InChI is InChI=1S/C13H30O2Si/c1-5-9-10-11-12-13-15-16(7-3,8-4)14-6-2/h5-13H2,1-4H3. The first kappa shape index (κ1) is 16.1. The van der Waals surface area contributed by atoms with Crippen LogP contribution in [0.3, 0.4) is 0 Å². The highest BCUT2D eigenvalue weighted by Crippen LogP contribution is 2.19. The molecular formula is C13H30O2Si. The summed E-state index contributed by atoms with van der Waals surface area (Å²) >= 11 is 0. The van der Waals surface area contributed by atoms with E-state index in [0.29, 0.717) is 0 Å². The van der Waals surface area contributed by atoms with Gasteiger partial charge in [0.15, 0.2) is 0 Å². The fourth-order valence-electron chi connectivity index (χ4n) is 1.93. The van der Waals surface area contributed by atoms with E-state index in [2.05, 4.69) is 27.7 Å². The molecule has 0 heterocycles. The SMILES string of the molecule is CCCCCCCO[Si](CC)(CC)OCC. The van der Waals surface area contributed by atoms with Gasteiger partial charge in [0.2, 0.25) is 0 Å². The molecule has 0 saturated carbocycles. The van der Waals surface area contributed by atoms with Crippen molar-refractivity contribution < 1.29 is 8.85 Å². The summed E-state index contributed by atoms with van der Waals surface area (Å²) in [4.78, 5) is 0. The van der Waals surface area contributed by atoms with Crippen LogP contribution in [-0.2, 0) is 8.85 Å². The molecule has 0 spiro atoms. The molecule has 0 saturated heterocycles. The molecule has 16 heavy (non-hydrogen) atoms. The average molecular weight is 246 g/mol. The van der Waals surface area contributed by atoms with Crippen molar-refractivity contribution in [2.45, 2.75) is 71.9 Å². The van der Waals surface area contributed by atoms with Gasteiger partial charge in [-0.15, -0.1) is 0 Å². The van der Waals surface area contributed by atoms with Gasteiger partial charge in [-0.1, -0.05) is 46.5 Å². The van der Waals surface area contributed by atoms with Crippen molar-refractivity contribution in [3.05, 3.63) is 0 Å². The molecule has 0 aromatic heterocycles. The normalized spacial score (nSPS) is 12.0.